The van der Waals surface area contributed by atoms with E-state index < -0.39 is 6.10 Å². The second-order valence-corrected chi connectivity index (χ2v) is 5.11. The first-order valence-corrected chi connectivity index (χ1v) is 6.44. The maximum atomic E-state index is 13.2. The maximum absolute atomic E-state index is 13.2. The van der Waals surface area contributed by atoms with E-state index in [1.807, 2.05) is 6.07 Å². The van der Waals surface area contributed by atoms with Gasteiger partial charge in [-0.05, 0) is 46.3 Å². The van der Waals surface area contributed by atoms with E-state index in [1.165, 1.54) is 6.07 Å². The third-order valence-electron chi connectivity index (χ3n) is 2.86. The first-order chi connectivity index (χ1) is 7.54. The molecule has 0 aliphatic rings. The van der Waals surface area contributed by atoms with Crippen LogP contribution < -0.4 is 0 Å². The van der Waals surface area contributed by atoms with Gasteiger partial charge in [-0.1, -0.05) is 32.4 Å². The molecule has 0 spiro atoms. The fraction of sp³-hybridized carbons (Fsp3) is 0.538. The zero-order chi connectivity index (χ0) is 12.1. The second kappa shape index (κ2) is 6.36. The Labute approximate surface area is 105 Å². The van der Waals surface area contributed by atoms with Gasteiger partial charge in [-0.2, -0.15) is 0 Å². The maximum Gasteiger partial charge on any atom is 0.137 e. The molecule has 0 aromatic heterocycles. The Morgan fingerprint density at radius 1 is 1.44 bits per heavy atom. The highest BCUT2D eigenvalue weighted by Crippen LogP contribution is 2.23. The van der Waals surface area contributed by atoms with Gasteiger partial charge in [0.15, 0.2) is 0 Å². The summed E-state index contributed by atoms with van der Waals surface area (Å²) in [4.78, 5) is 0. The van der Waals surface area contributed by atoms with E-state index in [1.54, 1.807) is 6.07 Å². The third kappa shape index (κ3) is 3.87. The number of halogens is 2. The van der Waals surface area contributed by atoms with E-state index in [4.69, 9.17) is 0 Å². The molecular weight excluding hydrogens is 271 g/mol. The fourth-order valence-electron chi connectivity index (χ4n) is 1.67. The summed E-state index contributed by atoms with van der Waals surface area (Å²) < 4.78 is 13.7. The smallest absolute Gasteiger partial charge is 0.137 e. The molecule has 1 nitrogen and oxygen atoms in total. The summed E-state index contributed by atoms with van der Waals surface area (Å²) in [6.07, 6.45) is 1.93. The van der Waals surface area contributed by atoms with E-state index in [9.17, 15) is 9.50 Å². The Balaban J connectivity index is 2.62. The van der Waals surface area contributed by atoms with Crippen LogP contribution in [-0.2, 0) is 6.42 Å². The monoisotopic (exact) mass is 288 g/mol. The van der Waals surface area contributed by atoms with Crippen molar-refractivity contribution in [1.29, 1.82) is 0 Å². The summed E-state index contributed by atoms with van der Waals surface area (Å²) >= 11 is 3.21. The molecule has 90 valence electrons. The molecule has 0 bridgehead atoms. The van der Waals surface area contributed by atoms with Gasteiger partial charge in [0.2, 0.25) is 0 Å². The number of hydrogen-bond donors (Lipinski definition) is 1. The van der Waals surface area contributed by atoms with Crippen LogP contribution >= 0.6 is 15.9 Å². The van der Waals surface area contributed by atoms with Crippen molar-refractivity contribution < 1.29 is 9.50 Å². The highest BCUT2D eigenvalue weighted by molar-refractivity contribution is 9.10. The number of benzene rings is 1. The molecule has 0 saturated carbocycles. The van der Waals surface area contributed by atoms with Crippen LogP contribution in [0.3, 0.4) is 0 Å². The predicted molar refractivity (Wildman–Crippen MR) is 67.9 cm³/mol. The van der Waals surface area contributed by atoms with Crippen LogP contribution in [0.2, 0.25) is 0 Å². The molecule has 16 heavy (non-hydrogen) atoms. The van der Waals surface area contributed by atoms with Gasteiger partial charge in [-0.25, -0.2) is 4.39 Å². The third-order valence-corrected chi connectivity index (χ3v) is 3.75. The fourth-order valence-corrected chi connectivity index (χ4v) is 2.10. The van der Waals surface area contributed by atoms with Crippen LogP contribution in [0.5, 0.6) is 0 Å². The highest BCUT2D eigenvalue weighted by atomic mass is 79.9. The SMILES string of the molecule is CCC(C)CC(O)Cc1cccc(F)c1Br. The number of hydrogen-bond acceptors (Lipinski definition) is 1. The predicted octanol–water partition coefficient (Wildman–Crippen LogP) is 3.93. The lowest BCUT2D eigenvalue weighted by atomic mass is 9.97. The molecule has 0 saturated heterocycles. The molecule has 1 aromatic carbocycles. The van der Waals surface area contributed by atoms with Crippen LogP contribution in [-0.4, -0.2) is 11.2 Å². The molecule has 0 fully saturated rings. The minimum Gasteiger partial charge on any atom is -0.393 e. The van der Waals surface area contributed by atoms with Crippen molar-refractivity contribution in [2.45, 2.75) is 39.2 Å². The van der Waals surface area contributed by atoms with Crippen molar-refractivity contribution in [3.8, 4) is 0 Å². The molecule has 2 unspecified atom stereocenters. The topological polar surface area (TPSA) is 20.2 Å². The van der Waals surface area contributed by atoms with E-state index in [0.29, 0.717) is 16.8 Å². The highest BCUT2D eigenvalue weighted by Gasteiger charge is 2.13. The molecule has 1 N–H and O–H groups in total. The van der Waals surface area contributed by atoms with Crippen molar-refractivity contribution in [1.82, 2.24) is 0 Å². The van der Waals surface area contributed by atoms with Crippen molar-refractivity contribution >= 4 is 15.9 Å². The van der Waals surface area contributed by atoms with Gasteiger partial charge in [-0.15, -0.1) is 0 Å². The molecule has 0 radical (unpaired) electrons. The minimum atomic E-state index is -0.395. The van der Waals surface area contributed by atoms with Gasteiger partial charge in [-0.3, -0.25) is 0 Å². The Morgan fingerprint density at radius 3 is 2.75 bits per heavy atom. The van der Waals surface area contributed by atoms with Crippen LogP contribution in [0, 0.1) is 11.7 Å². The van der Waals surface area contributed by atoms with Crippen LogP contribution in [0.4, 0.5) is 4.39 Å². The number of aliphatic hydroxyl groups excluding tert-OH is 1. The normalized spacial score (nSPS) is 14.8. The summed E-state index contributed by atoms with van der Waals surface area (Å²) in [7, 11) is 0. The van der Waals surface area contributed by atoms with Crippen molar-refractivity contribution in [2.24, 2.45) is 5.92 Å². The molecule has 1 aromatic rings. The van der Waals surface area contributed by atoms with Crippen molar-refractivity contribution in [2.75, 3.05) is 0 Å². The standard InChI is InChI=1S/C13H18BrFO/c1-3-9(2)7-11(16)8-10-5-4-6-12(15)13(10)14/h4-6,9,11,16H,3,7-8H2,1-2H3. The Kier molecular flexibility index (Phi) is 5.42. The average molecular weight is 289 g/mol. The summed E-state index contributed by atoms with van der Waals surface area (Å²) in [6, 6.07) is 4.92. The zero-order valence-corrected chi connectivity index (χ0v) is 11.3. The molecule has 0 amide bonds. The second-order valence-electron chi connectivity index (χ2n) is 4.32. The molecular formula is C13H18BrFO. The summed E-state index contributed by atoms with van der Waals surface area (Å²) in [5.41, 5.74) is 0.829. The minimum absolute atomic E-state index is 0.270. The van der Waals surface area contributed by atoms with Crippen LogP contribution in [0.25, 0.3) is 0 Å². The lowest BCUT2D eigenvalue weighted by Crippen LogP contribution is -2.14. The van der Waals surface area contributed by atoms with E-state index in [0.717, 1.165) is 18.4 Å². The molecule has 0 heterocycles. The van der Waals surface area contributed by atoms with E-state index in [-0.39, 0.29) is 5.82 Å². The van der Waals surface area contributed by atoms with Crippen molar-refractivity contribution in [3.05, 3.63) is 34.1 Å². The van der Waals surface area contributed by atoms with Gasteiger partial charge >= 0.3 is 0 Å². The molecule has 0 aliphatic carbocycles. The quantitative estimate of drug-likeness (QED) is 0.870. The molecule has 3 heteroatoms. The zero-order valence-electron chi connectivity index (χ0n) is 9.71. The average Bonchev–Trinajstić information content (AvgIpc) is 2.24. The van der Waals surface area contributed by atoms with Crippen LogP contribution in [0.15, 0.2) is 22.7 Å². The van der Waals surface area contributed by atoms with E-state index >= 15 is 0 Å². The Morgan fingerprint density at radius 2 is 2.12 bits per heavy atom. The molecule has 1 rings (SSSR count). The van der Waals surface area contributed by atoms with Gasteiger partial charge in [0.25, 0.3) is 0 Å². The van der Waals surface area contributed by atoms with E-state index in [2.05, 4.69) is 29.8 Å². The first-order valence-electron chi connectivity index (χ1n) is 5.65. The molecule has 0 aliphatic heterocycles. The molecule has 2 atom stereocenters. The largest absolute Gasteiger partial charge is 0.393 e. The lowest BCUT2D eigenvalue weighted by Gasteiger charge is -2.15. The summed E-state index contributed by atoms with van der Waals surface area (Å²) in [6.45, 7) is 4.22. The van der Waals surface area contributed by atoms with Crippen molar-refractivity contribution in [3.63, 3.8) is 0 Å². The Bertz CT molecular complexity index is 341. The number of rotatable bonds is 5. The van der Waals surface area contributed by atoms with Gasteiger partial charge in [0.05, 0.1) is 10.6 Å². The summed E-state index contributed by atoms with van der Waals surface area (Å²) in [5.74, 6) is 0.232. The van der Waals surface area contributed by atoms with Crippen LogP contribution in [0.1, 0.15) is 32.3 Å². The van der Waals surface area contributed by atoms with Gasteiger partial charge in [0, 0.05) is 0 Å². The Hall–Kier alpha value is -0.410. The summed E-state index contributed by atoms with van der Waals surface area (Å²) in [5, 5.41) is 9.88. The number of aliphatic hydroxyl groups is 1. The first kappa shape index (κ1) is 13.7. The van der Waals surface area contributed by atoms with Gasteiger partial charge < -0.3 is 5.11 Å². The lowest BCUT2D eigenvalue weighted by molar-refractivity contribution is 0.144. The van der Waals surface area contributed by atoms with Gasteiger partial charge in [0.1, 0.15) is 5.82 Å².